The van der Waals surface area contributed by atoms with Crippen LogP contribution in [0.5, 0.6) is 11.5 Å². The molecule has 1 aliphatic rings. The predicted octanol–water partition coefficient (Wildman–Crippen LogP) is 4.28. The van der Waals surface area contributed by atoms with Crippen molar-refractivity contribution in [2.75, 3.05) is 18.6 Å². The summed E-state index contributed by atoms with van der Waals surface area (Å²) in [5, 5.41) is 0. The van der Waals surface area contributed by atoms with Crippen LogP contribution < -0.4 is 14.4 Å². The van der Waals surface area contributed by atoms with Crippen molar-refractivity contribution in [2.45, 2.75) is 26.8 Å². The molecule has 26 heavy (non-hydrogen) atoms. The van der Waals surface area contributed by atoms with E-state index in [1.807, 2.05) is 38.1 Å². The molecule has 0 saturated carbocycles. The number of Topliss-reactive ketones (excluding diaryl/α,β-unsaturated/α-hetero) is 1. The molecule has 0 unspecified atom stereocenters. The molecule has 1 aliphatic heterocycles. The molecule has 2 aromatic carbocycles. The van der Waals surface area contributed by atoms with Crippen LogP contribution in [-0.2, 0) is 11.3 Å². The number of halogens is 1. The second kappa shape index (κ2) is 7.50. The van der Waals surface area contributed by atoms with Crippen LogP contribution in [0.1, 0.15) is 34.8 Å². The predicted molar refractivity (Wildman–Crippen MR) is 103 cm³/mol. The van der Waals surface area contributed by atoms with Gasteiger partial charge in [0.1, 0.15) is 0 Å². The van der Waals surface area contributed by atoms with Gasteiger partial charge in [0.25, 0.3) is 11.7 Å². The van der Waals surface area contributed by atoms with E-state index in [4.69, 9.17) is 9.47 Å². The van der Waals surface area contributed by atoms with Gasteiger partial charge >= 0.3 is 0 Å². The van der Waals surface area contributed by atoms with Gasteiger partial charge in [0.05, 0.1) is 31.5 Å². The molecule has 0 fully saturated rings. The molecule has 0 aromatic heterocycles. The molecule has 1 amide bonds. The number of ether oxygens (including phenoxy) is 2. The summed E-state index contributed by atoms with van der Waals surface area (Å²) in [5.74, 6) is 0.301. The van der Waals surface area contributed by atoms with Crippen LogP contribution in [0.4, 0.5) is 5.69 Å². The Morgan fingerprint density at radius 2 is 1.88 bits per heavy atom. The van der Waals surface area contributed by atoms with Gasteiger partial charge in [-0.1, -0.05) is 28.9 Å². The lowest BCUT2D eigenvalue weighted by atomic mass is 10.1. The Kier molecular flexibility index (Phi) is 5.32. The summed E-state index contributed by atoms with van der Waals surface area (Å²) >= 11 is 3.38. The number of aryl methyl sites for hydroxylation is 1. The zero-order valence-electron chi connectivity index (χ0n) is 15.0. The molecule has 3 rings (SSSR count). The van der Waals surface area contributed by atoms with Crippen molar-refractivity contribution in [1.82, 2.24) is 0 Å². The van der Waals surface area contributed by atoms with Gasteiger partial charge in [0, 0.05) is 4.47 Å². The van der Waals surface area contributed by atoms with E-state index in [-0.39, 0.29) is 0 Å². The summed E-state index contributed by atoms with van der Waals surface area (Å²) in [6.45, 7) is 4.83. The van der Waals surface area contributed by atoms with Crippen LogP contribution in [-0.4, -0.2) is 25.4 Å². The number of amides is 1. The second-order valence-corrected chi connectivity index (χ2v) is 7.09. The fraction of sp³-hybridized carbons (Fsp3) is 0.300. The fourth-order valence-electron chi connectivity index (χ4n) is 3.08. The summed E-state index contributed by atoms with van der Waals surface area (Å²) in [6.07, 6.45) is 0.904. The number of ketones is 1. The number of benzene rings is 2. The fourth-order valence-corrected chi connectivity index (χ4v) is 3.65. The van der Waals surface area contributed by atoms with Gasteiger partial charge in [-0.05, 0) is 48.7 Å². The molecule has 136 valence electrons. The molecular weight excluding hydrogens is 398 g/mol. The summed E-state index contributed by atoms with van der Waals surface area (Å²) in [5.41, 5.74) is 2.86. The van der Waals surface area contributed by atoms with E-state index in [2.05, 4.69) is 15.9 Å². The van der Waals surface area contributed by atoms with Crippen LogP contribution in [0.3, 0.4) is 0 Å². The first kappa shape index (κ1) is 18.5. The first-order valence-corrected chi connectivity index (χ1v) is 9.21. The number of nitrogens with zero attached hydrogens (tertiary/aromatic N) is 1. The van der Waals surface area contributed by atoms with E-state index in [0.29, 0.717) is 35.9 Å². The molecule has 5 nitrogen and oxygen atoms in total. The number of anilines is 1. The lowest BCUT2D eigenvalue weighted by Crippen LogP contribution is -2.29. The maximum atomic E-state index is 12.5. The smallest absolute Gasteiger partial charge is 0.299 e. The molecule has 0 atom stereocenters. The highest BCUT2D eigenvalue weighted by Crippen LogP contribution is 2.37. The highest BCUT2D eigenvalue weighted by Gasteiger charge is 2.37. The Labute approximate surface area is 161 Å². The van der Waals surface area contributed by atoms with E-state index in [1.165, 1.54) is 4.90 Å². The van der Waals surface area contributed by atoms with Gasteiger partial charge in [0.2, 0.25) is 0 Å². The third-order valence-corrected chi connectivity index (χ3v) is 4.71. The van der Waals surface area contributed by atoms with E-state index >= 15 is 0 Å². The average Bonchev–Trinajstić information content (AvgIpc) is 2.85. The lowest BCUT2D eigenvalue weighted by Gasteiger charge is -2.20. The largest absolute Gasteiger partial charge is 0.493 e. The molecule has 6 heteroatoms. The maximum Gasteiger partial charge on any atom is 0.299 e. The zero-order chi connectivity index (χ0) is 18.8. The number of carbonyl (C=O) groups is 2. The van der Waals surface area contributed by atoms with Crippen LogP contribution in [0, 0.1) is 6.92 Å². The van der Waals surface area contributed by atoms with Crippen molar-refractivity contribution in [3.8, 4) is 11.5 Å². The number of rotatable bonds is 6. The third-order valence-electron chi connectivity index (χ3n) is 4.25. The number of hydrogen-bond donors (Lipinski definition) is 0. The first-order chi connectivity index (χ1) is 12.5. The van der Waals surface area contributed by atoms with Gasteiger partial charge in [-0.3, -0.25) is 9.59 Å². The number of hydrogen-bond acceptors (Lipinski definition) is 4. The molecule has 0 aliphatic carbocycles. The Bertz CT molecular complexity index is 878. The van der Waals surface area contributed by atoms with Gasteiger partial charge in [-0.15, -0.1) is 0 Å². The molecule has 1 heterocycles. The molecule has 0 saturated heterocycles. The summed E-state index contributed by atoms with van der Waals surface area (Å²) < 4.78 is 11.9. The summed E-state index contributed by atoms with van der Waals surface area (Å²) in [7, 11) is 1.58. The highest BCUT2D eigenvalue weighted by atomic mass is 79.9. The van der Waals surface area contributed by atoms with Crippen LogP contribution in [0.2, 0.25) is 0 Å². The van der Waals surface area contributed by atoms with Gasteiger partial charge < -0.3 is 14.4 Å². The minimum atomic E-state index is -0.508. The van der Waals surface area contributed by atoms with Crippen molar-refractivity contribution in [3.05, 3.63) is 51.5 Å². The Morgan fingerprint density at radius 1 is 1.12 bits per heavy atom. The van der Waals surface area contributed by atoms with Crippen LogP contribution in [0.15, 0.2) is 34.8 Å². The molecular formula is C20H20BrNO4. The topological polar surface area (TPSA) is 55.8 Å². The van der Waals surface area contributed by atoms with Crippen LogP contribution >= 0.6 is 15.9 Å². The molecule has 0 bridgehead atoms. The van der Waals surface area contributed by atoms with Crippen molar-refractivity contribution >= 4 is 33.3 Å². The Morgan fingerprint density at radius 3 is 2.58 bits per heavy atom. The number of carbonyl (C=O) groups excluding carboxylic acids is 2. The second-order valence-electron chi connectivity index (χ2n) is 6.17. The minimum Gasteiger partial charge on any atom is -0.493 e. The van der Waals surface area contributed by atoms with E-state index in [9.17, 15) is 9.59 Å². The number of fused-ring (bicyclic) bond motifs is 1. The standard InChI is InChI=1S/C20H20BrNO4/c1-4-7-26-16-6-5-13(9-17(16)25-3)11-22-18-12(2)8-14(21)10-15(18)19(23)20(22)24/h5-6,8-10H,4,7,11H2,1-3H3. The molecule has 0 spiro atoms. The molecule has 2 aromatic rings. The molecule has 0 radical (unpaired) electrons. The third kappa shape index (κ3) is 3.33. The van der Waals surface area contributed by atoms with Gasteiger partial charge in [-0.25, -0.2) is 0 Å². The number of methoxy groups -OCH3 is 1. The summed E-state index contributed by atoms with van der Waals surface area (Å²) in [4.78, 5) is 26.4. The lowest BCUT2D eigenvalue weighted by molar-refractivity contribution is -0.114. The van der Waals surface area contributed by atoms with Crippen LogP contribution in [0.25, 0.3) is 0 Å². The van der Waals surface area contributed by atoms with Crippen molar-refractivity contribution < 1.29 is 19.1 Å². The zero-order valence-corrected chi connectivity index (χ0v) is 16.6. The summed E-state index contributed by atoms with van der Waals surface area (Å²) in [6, 6.07) is 9.17. The quantitative estimate of drug-likeness (QED) is 0.657. The normalized spacial score (nSPS) is 13.2. The Balaban J connectivity index is 1.93. The highest BCUT2D eigenvalue weighted by molar-refractivity contribution is 9.10. The van der Waals surface area contributed by atoms with Crippen molar-refractivity contribution in [3.63, 3.8) is 0 Å². The minimum absolute atomic E-state index is 0.296. The van der Waals surface area contributed by atoms with E-state index in [1.54, 1.807) is 13.2 Å². The van der Waals surface area contributed by atoms with Gasteiger partial charge in [0.15, 0.2) is 11.5 Å². The van der Waals surface area contributed by atoms with E-state index in [0.717, 1.165) is 22.0 Å². The van der Waals surface area contributed by atoms with Gasteiger partial charge in [-0.2, -0.15) is 0 Å². The Hall–Kier alpha value is -2.34. The monoisotopic (exact) mass is 417 g/mol. The maximum absolute atomic E-state index is 12.5. The van der Waals surface area contributed by atoms with Crippen molar-refractivity contribution in [2.24, 2.45) is 0 Å². The van der Waals surface area contributed by atoms with Crippen molar-refractivity contribution in [1.29, 1.82) is 0 Å². The average molecular weight is 418 g/mol. The SMILES string of the molecule is CCCOc1ccc(CN2C(=O)C(=O)c3cc(Br)cc(C)c32)cc1OC. The molecule has 0 N–H and O–H groups in total. The van der Waals surface area contributed by atoms with E-state index < -0.39 is 11.7 Å². The first-order valence-electron chi connectivity index (χ1n) is 8.42.